The summed E-state index contributed by atoms with van der Waals surface area (Å²) in [6.07, 6.45) is 0.461. The number of aliphatic carboxylic acids is 1. The van der Waals surface area contributed by atoms with E-state index in [9.17, 15) is 14.0 Å². The Balaban J connectivity index is 1.90. The lowest BCUT2D eigenvalue weighted by Gasteiger charge is -2.06. The molecule has 3 rings (SSSR count). The molecule has 2 aromatic carbocycles. The van der Waals surface area contributed by atoms with Crippen LogP contribution in [-0.2, 0) is 11.2 Å². The van der Waals surface area contributed by atoms with Crippen LogP contribution in [0, 0.1) is 11.2 Å². The van der Waals surface area contributed by atoms with Crippen LogP contribution in [0.4, 0.5) is 4.39 Å². The van der Waals surface area contributed by atoms with Crippen LogP contribution >= 0.6 is 0 Å². The quantitative estimate of drug-likeness (QED) is 0.393. The molecular weight excluding hydrogens is 351 g/mol. The van der Waals surface area contributed by atoms with Gasteiger partial charge in [-0.25, -0.2) is 9.07 Å². The van der Waals surface area contributed by atoms with Gasteiger partial charge in [-0.2, -0.15) is 0 Å². The van der Waals surface area contributed by atoms with E-state index in [1.807, 2.05) is 0 Å². The summed E-state index contributed by atoms with van der Waals surface area (Å²) in [6, 6.07) is 12.4. The molecule has 0 aliphatic rings. The molecule has 27 heavy (non-hydrogen) atoms. The van der Waals surface area contributed by atoms with Crippen LogP contribution in [-0.4, -0.2) is 26.7 Å². The number of nitrogens with two attached hydrogens (primary N) is 1. The summed E-state index contributed by atoms with van der Waals surface area (Å²) in [6.45, 7) is 0. The summed E-state index contributed by atoms with van der Waals surface area (Å²) in [4.78, 5) is 22.9. The second-order valence-electron chi connectivity index (χ2n) is 6.01. The smallest absolute Gasteiger partial charge is 0.303 e. The molecule has 7 nitrogen and oxygen atoms in total. The second-order valence-corrected chi connectivity index (χ2v) is 6.01. The Morgan fingerprint density at radius 3 is 2.48 bits per heavy atom. The van der Waals surface area contributed by atoms with E-state index < -0.39 is 17.3 Å². The number of nitrogens with zero attached hydrogens (tertiary/aromatic N) is 1. The van der Waals surface area contributed by atoms with Crippen molar-refractivity contribution in [2.45, 2.75) is 12.8 Å². The van der Waals surface area contributed by atoms with Gasteiger partial charge < -0.3 is 10.8 Å². The Labute approximate surface area is 153 Å². The number of aryl methyl sites for hydroxylation is 1. The minimum atomic E-state index is -0.863. The summed E-state index contributed by atoms with van der Waals surface area (Å²) < 4.78 is 15.4. The van der Waals surface area contributed by atoms with Crippen LogP contribution in [0.25, 0.3) is 16.9 Å². The summed E-state index contributed by atoms with van der Waals surface area (Å²) in [5, 5.41) is 18.9. The largest absolute Gasteiger partial charge is 0.481 e. The maximum absolute atomic E-state index is 14.3. The third-order valence-electron chi connectivity index (χ3n) is 4.11. The molecule has 0 unspecified atom stereocenters. The van der Waals surface area contributed by atoms with E-state index in [1.54, 1.807) is 24.3 Å². The number of hydrogen-bond acceptors (Lipinski definition) is 3. The number of halogens is 1. The fourth-order valence-corrected chi connectivity index (χ4v) is 2.68. The number of aromatic nitrogens is 2. The lowest BCUT2D eigenvalue weighted by Crippen LogP contribution is -2.16. The van der Waals surface area contributed by atoms with Gasteiger partial charge in [0.05, 0.1) is 5.69 Å². The highest BCUT2D eigenvalue weighted by molar-refractivity contribution is 5.95. The van der Waals surface area contributed by atoms with Gasteiger partial charge in [-0.1, -0.05) is 24.3 Å². The third-order valence-corrected chi connectivity index (χ3v) is 4.11. The van der Waals surface area contributed by atoms with Gasteiger partial charge in [0.2, 0.25) is 0 Å². The van der Waals surface area contributed by atoms with Crippen molar-refractivity contribution in [3.63, 3.8) is 0 Å². The van der Waals surface area contributed by atoms with Crippen LogP contribution < -0.4 is 11.3 Å². The number of amidine groups is 1. The topological polar surface area (TPSA) is 125 Å². The van der Waals surface area contributed by atoms with Gasteiger partial charge in [-0.05, 0) is 35.7 Å². The van der Waals surface area contributed by atoms with E-state index in [4.69, 9.17) is 16.2 Å². The molecule has 138 valence electrons. The maximum atomic E-state index is 14.3. The first kappa shape index (κ1) is 18.1. The van der Waals surface area contributed by atoms with E-state index in [0.29, 0.717) is 17.7 Å². The zero-order chi connectivity index (χ0) is 19.6. The van der Waals surface area contributed by atoms with Crippen LogP contribution in [0.15, 0.2) is 53.3 Å². The van der Waals surface area contributed by atoms with E-state index in [2.05, 4.69) is 5.10 Å². The number of aromatic amines is 1. The van der Waals surface area contributed by atoms with Gasteiger partial charge in [0.1, 0.15) is 17.3 Å². The number of hydrogen-bond donors (Lipinski definition) is 4. The van der Waals surface area contributed by atoms with Crippen molar-refractivity contribution < 1.29 is 14.3 Å². The molecule has 8 heteroatoms. The van der Waals surface area contributed by atoms with Gasteiger partial charge in [0.15, 0.2) is 0 Å². The fraction of sp³-hybridized carbons (Fsp3) is 0.105. The van der Waals surface area contributed by atoms with Gasteiger partial charge in [0.25, 0.3) is 5.56 Å². The van der Waals surface area contributed by atoms with Crippen molar-refractivity contribution in [2.24, 2.45) is 5.73 Å². The Morgan fingerprint density at radius 1 is 1.19 bits per heavy atom. The second kappa shape index (κ2) is 7.28. The molecule has 0 saturated carbocycles. The third kappa shape index (κ3) is 3.95. The number of nitrogens with one attached hydrogen (secondary N) is 2. The van der Waals surface area contributed by atoms with Gasteiger partial charge >= 0.3 is 5.97 Å². The molecule has 0 atom stereocenters. The highest BCUT2D eigenvalue weighted by atomic mass is 19.1. The lowest BCUT2D eigenvalue weighted by molar-refractivity contribution is -0.136. The van der Waals surface area contributed by atoms with Crippen LogP contribution in [0.5, 0.6) is 0 Å². The zero-order valence-corrected chi connectivity index (χ0v) is 14.2. The molecule has 0 spiro atoms. The summed E-state index contributed by atoms with van der Waals surface area (Å²) in [7, 11) is 0. The standard InChI is InChI=1S/C19H17FN4O3/c20-14-9-13(19(21)22)6-7-16(14)24-17(25)10-15(23-24)12-4-1-11(2-5-12)3-8-18(26)27/h1-2,4-7,9-10,23H,3,8H2,(H3,21,22)(H,26,27). The molecule has 0 aliphatic carbocycles. The number of carboxylic acid groups (broad SMARTS) is 1. The SMILES string of the molecule is N=C(N)c1ccc(-n2[nH]c(-c3ccc(CCC(=O)O)cc3)cc2=O)c(F)c1. The molecule has 3 aromatic rings. The average Bonchev–Trinajstić information content (AvgIpc) is 3.01. The number of carbonyl (C=O) groups is 1. The average molecular weight is 368 g/mol. The van der Waals surface area contributed by atoms with Gasteiger partial charge in [-0.3, -0.25) is 20.1 Å². The van der Waals surface area contributed by atoms with E-state index in [0.717, 1.165) is 16.3 Å². The molecular formula is C19H17FN4O3. The van der Waals surface area contributed by atoms with Crippen LogP contribution in [0.1, 0.15) is 17.5 Å². The van der Waals surface area contributed by atoms with Gasteiger partial charge in [0, 0.05) is 18.1 Å². The maximum Gasteiger partial charge on any atom is 0.303 e. The monoisotopic (exact) mass is 368 g/mol. The molecule has 5 N–H and O–H groups in total. The van der Waals surface area contributed by atoms with Crippen LogP contribution in [0.3, 0.4) is 0 Å². The number of rotatable bonds is 6. The van der Waals surface area contributed by atoms with Crippen LogP contribution in [0.2, 0.25) is 0 Å². The predicted molar refractivity (Wildman–Crippen MR) is 98.8 cm³/mol. The van der Waals surface area contributed by atoms with E-state index in [1.165, 1.54) is 18.2 Å². The Kier molecular flexibility index (Phi) is 4.89. The summed E-state index contributed by atoms with van der Waals surface area (Å²) in [5.74, 6) is -1.80. The molecule has 1 aromatic heterocycles. The zero-order valence-electron chi connectivity index (χ0n) is 14.2. The van der Waals surface area contributed by atoms with Gasteiger partial charge in [-0.15, -0.1) is 0 Å². The van der Waals surface area contributed by atoms with E-state index >= 15 is 0 Å². The van der Waals surface area contributed by atoms with E-state index in [-0.39, 0.29) is 23.5 Å². The first-order chi connectivity index (χ1) is 12.8. The number of benzene rings is 2. The molecule has 0 bridgehead atoms. The first-order valence-corrected chi connectivity index (χ1v) is 8.12. The minimum Gasteiger partial charge on any atom is -0.481 e. The lowest BCUT2D eigenvalue weighted by atomic mass is 10.1. The van der Waals surface area contributed by atoms with Crippen molar-refractivity contribution in [1.29, 1.82) is 5.41 Å². The highest BCUT2D eigenvalue weighted by Crippen LogP contribution is 2.19. The van der Waals surface area contributed by atoms with Crippen molar-refractivity contribution >= 4 is 11.8 Å². The number of H-pyrrole nitrogens is 1. The normalized spacial score (nSPS) is 10.7. The van der Waals surface area contributed by atoms with Crippen molar-refractivity contribution in [3.8, 4) is 16.9 Å². The molecule has 0 radical (unpaired) electrons. The summed E-state index contributed by atoms with van der Waals surface area (Å²) >= 11 is 0. The Morgan fingerprint density at radius 2 is 1.89 bits per heavy atom. The van der Waals surface area contributed by atoms with Crippen molar-refractivity contribution in [2.75, 3.05) is 0 Å². The molecule has 1 heterocycles. The molecule has 0 aliphatic heterocycles. The summed E-state index contributed by atoms with van der Waals surface area (Å²) in [5.41, 5.74) is 7.24. The van der Waals surface area contributed by atoms with Crippen molar-refractivity contribution in [3.05, 3.63) is 75.8 Å². The molecule has 0 fully saturated rings. The minimum absolute atomic E-state index is 0.0225. The molecule has 0 amide bonds. The molecule has 0 saturated heterocycles. The van der Waals surface area contributed by atoms with Crippen molar-refractivity contribution in [1.82, 2.24) is 9.78 Å². The predicted octanol–water partition coefficient (Wildman–Crippen LogP) is 2.27. The number of carboxylic acids is 1. The Hall–Kier alpha value is -3.68. The number of nitrogen functional groups attached to an aromatic ring is 1. The fourth-order valence-electron chi connectivity index (χ4n) is 2.68. The Bertz CT molecular complexity index is 1070. The first-order valence-electron chi connectivity index (χ1n) is 8.12. The highest BCUT2D eigenvalue weighted by Gasteiger charge is 2.12.